The van der Waals surface area contributed by atoms with Crippen molar-refractivity contribution in [2.45, 2.75) is 58.5 Å². The molecule has 0 atom stereocenters. The van der Waals surface area contributed by atoms with E-state index in [0.717, 1.165) is 17.3 Å². The Balaban J connectivity index is 0.000000406. The van der Waals surface area contributed by atoms with Gasteiger partial charge >= 0.3 is 12.1 Å². The first kappa shape index (κ1) is 25.5. The summed E-state index contributed by atoms with van der Waals surface area (Å²) in [6, 6.07) is 17.7. The number of aromatic nitrogens is 2. The summed E-state index contributed by atoms with van der Waals surface area (Å²) in [5.41, 5.74) is 5.67. The van der Waals surface area contributed by atoms with Crippen LogP contribution in [0.5, 0.6) is 0 Å². The van der Waals surface area contributed by atoms with Gasteiger partial charge in [-0.15, -0.1) is 0 Å². The predicted molar refractivity (Wildman–Crippen MR) is 127 cm³/mol. The number of carboxylic acid groups (broad SMARTS) is 1. The lowest BCUT2D eigenvalue weighted by molar-refractivity contribution is -0.192. The first-order valence-electron chi connectivity index (χ1n) is 11.5. The van der Waals surface area contributed by atoms with Crippen molar-refractivity contribution in [2.24, 2.45) is 11.3 Å². The minimum atomic E-state index is -5.08. The van der Waals surface area contributed by atoms with Crippen molar-refractivity contribution in [1.82, 2.24) is 9.97 Å². The van der Waals surface area contributed by atoms with E-state index in [1.807, 2.05) is 6.20 Å². The second kappa shape index (κ2) is 10.9. The number of alkyl halides is 3. The van der Waals surface area contributed by atoms with E-state index in [0.29, 0.717) is 5.41 Å². The number of imidazole rings is 1. The normalized spacial score (nSPS) is 15.9. The van der Waals surface area contributed by atoms with Gasteiger partial charge in [-0.2, -0.15) is 13.2 Å². The van der Waals surface area contributed by atoms with Gasteiger partial charge in [0.2, 0.25) is 0 Å². The number of hydrogen-bond donors (Lipinski definition) is 2. The third kappa shape index (κ3) is 7.47. The lowest BCUT2D eigenvalue weighted by atomic mass is 9.72. The van der Waals surface area contributed by atoms with Crippen LogP contribution in [0.3, 0.4) is 0 Å². The number of aliphatic carboxylic acids is 1. The lowest BCUT2D eigenvalue weighted by Gasteiger charge is -2.34. The van der Waals surface area contributed by atoms with E-state index >= 15 is 0 Å². The van der Waals surface area contributed by atoms with Crippen molar-refractivity contribution in [1.29, 1.82) is 0 Å². The number of nitrogens with one attached hydrogen (secondary N) is 1. The number of nitrogens with zero attached hydrogens (tertiary/aromatic N) is 1. The summed E-state index contributed by atoms with van der Waals surface area (Å²) in [6.45, 7) is 4.84. The Bertz CT molecular complexity index is 1050. The molecule has 1 fully saturated rings. The fourth-order valence-electron chi connectivity index (χ4n) is 4.25. The molecule has 0 bridgehead atoms. The minimum Gasteiger partial charge on any atom is -0.475 e. The maximum absolute atomic E-state index is 10.6. The summed E-state index contributed by atoms with van der Waals surface area (Å²) in [7, 11) is 0. The summed E-state index contributed by atoms with van der Waals surface area (Å²) < 4.78 is 31.7. The molecule has 4 rings (SSSR count). The Morgan fingerprint density at radius 2 is 1.68 bits per heavy atom. The van der Waals surface area contributed by atoms with Crippen molar-refractivity contribution >= 4 is 5.97 Å². The van der Waals surface area contributed by atoms with Gasteiger partial charge in [0.1, 0.15) is 5.82 Å². The molecule has 0 aliphatic heterocycles. The first-order valence-corrected chi connectivity index (χ1v) is 11.5. The number of hydrogen-bond acceptors (Lipinski definition) is 2. The molecule has 1 aliphatic rings. The van der Waals surface area contributed by atoms with E-state index in [1.54, 1.807) is 6.20 Å². The first-order chi connectivity index (χ1) is 16.0. The molecule has 7 heteroatoms. The van der Waals surface area contributed by atoms with Gasteiger partial charge in [-0.3, -0.25) is 0 Å². The van der Waals surface area contributed by atoms with Crippen LogP contribution in [0.25, 0.3) is 22.5 Å². The zero-order chi connectivity index (χ0) is 24.8. The van der Waals surface area contributed by atoms with Crippen LogP contribution in [0.4, 0.5) is 13.2 Å². The van der Waals surface area contributed by atoms with Gasteiger partial charge in [0.05, 0.1) is 0 Å². The maximum Gasteiger partial charge on any atom is 0.490 e. The van der Waals surface area contributed by atoms with Crippen LogP contribution >= 0.6 is 0 Å². The van der Waals surface area contributed by atoms with Gasteiger partial charge in [-0.1, -0.05) is 56.3 Å². The van der Waals surface area contributed by atoms with Crippen LogP contribution < -0.4 is 0 Å². The summed E-state index contributed by atoms with van der Waals surface area (Å²) in [4.78, 5) is 16.4. The fourth-order valence-corrected chi connectivity index (χ4v) is 4.25. The molecular weight excluding hydrogens is 441 g/mol. The lowest BCUT2D eigenvalue weighted by Crippen LogP contribution is -2.21. The summed E-state index contributed by atoms with van der Waals surface area (Å²) in [6.07, 6.45) is 6.72. The van der Waals surface area contributed by atoms with Gasteiger partial charge in [0.25, 0.3) is 0 Å². The van der Waals surface area contributed by atoms with E-state index in [-0.39, 0.29) is 0 Å². The van der Waals surface area contributed by atoms with Crippen molar-refractivity contribution in [3.05, 3.63) is 66.5 Å². The number of carboxylic acids is 1. The van der Waals surface area contributed by atoms with Gasteiger partial charge < -0.3 is 10.1 Å². The molecule has 34 heavy (non-hydrogen) atoms. The summed E-state index contributed by atoms with van der Waals surface area (Å²) in [5, 5.41) is 7.12. The molecule has 1 saturated carbocycles. The van der Waals surface area contributed by atoms with Crippen molar-refractivity contribution in [3.63, 3.8) is 0 Å². The molecule has 1 heterocycles. The number of carbonyl (C=O) groups is 1. The minimum absolute atomic E-state index is 0.572. The Hall–Kier alpha value is -3.09. The number of benzene rings is 2. The largest absolute Gasteiger partial charge is 0.490 e. The molecule has 182 valence electrons. The third-order valence-electron chi connectivity index (χ3n) is 6.46. The van der Waals surface area contributed by atoms with Crippen LogP contribution in [-0.4, -0.2) is 27.2 Å². The molecule has 4 nitrogen and oxygen atoms in total. The highest BCUT2D eigenvalue weighted by Crippen LogP contribution is 2.39. The molecular formula is C27H31F3N2O2. The van der Waals surface area contributed by atoms with Gasteiger partial charge in [0, 0.05) is 18.0 Å². The van der Waals surface area contributed by atoms with Gasteiger partial charge in [-0.25, -0.2) is 9.78 Å². The molecule has 1 aromatic heterocycles. The number of aromatic amines is 1. The van der Waals surface area contributed by atoms with Crippen molar-refractivity contribution < 1.29 is 23.1 Å². The van der Waals surface area contributed by atoms with Crippen LogP contribution in [0.15, 0.2) is 60.9 Å². The second-order valence-corrected chi connectivity index (χ2v) is 9.66. The molecule has 0 spiro atoms. The van der Waals surface area contributed by atoms with E-state index < -0.39 is 12.1 Å². The molecule has 2 aromatic carbocycles. The summed E-state index contributed by atoms with van der Waals surface area (Å²) >= 11 is 0. The zero-order valence-corrected chi connectivity index (χ0v) is 19.5. The number of H-pyrrole nitrogens is 1. The van der Waals surface area contributed by atoms with Crippen LogP contribution in [0, 0.1) is 11.3 Å². The topological polar surface area (TPSA) is 66.0 Å². The molecule has 0 saturated heterocycles. The Labute approximate surface area is 198 Å². The van der Waals surface area contributed by atoms with E-state index in [9.17, 15) is 13.2 Å². The fraction of sp³-hybridized carbons (Fsp3) is 0.407. The van der Waals surface area contributed by atoms with E-state index in [4.69, 9.17) is 9.90 Å². The van der Waals surface area contributed by atoms with Crippen LogP contribution in [-0.2, 0) is 11.2 Å². The molecule has 0 amide bonds. The average molecular weight is 473 g/mol. The molecule has 0 radical (unpaired) electrons. The monoisotopic (exact) mass is 472 g/mol. The summed E-state index contributed by atoms with van der Waals surface area (Å²) in [5.74, 6) is -0.917. The van der Waals surface area contributed by atoms with Crippen LogP contribution in [0.2, 0.25) is 0 Å². The maximum atomic E-state index is 10.6. The van der Waals surface area contributed by atoms with Crippen molar-refractivity contribution in [2.75, 3.05) is 0 Å². The average Bonchev–Trinajstić information content (AvgIpc) is 3.34. The predicted octanol–water partition coefficient (Wildman–Crippen LogP) is 7.53. The number of halogens is 3. The highest BCUT2D eigenvalue weighted by molar-refractivity contribution is 5.73. The van der Waals surface area contributed by atoms with Gasteiger partial charge in [0.15, 0.2) is 0 Å². The Kier molecular flexibility index (Phi) is 8.18. The highest BCUT2D eigenvalue weighted by Gasteiger charge is 2.38. The molecule has 0 unspecified atom stereocenters. The highest BCUT2D eigenvalue weighted by atomic mass is 19.4. The number of aryl methyl sites for hydroxylation is 1. The smallest absolute Gasteiger partial charge is 0.475 e. The van der Waals surface area contributed by atoms with Crippen LogP contribution in [0.1, 0.15) is 51.5 Å². The third-order valence-corrected chi connectivity index (χ3v) is 6.46. The quantitative estimate of drug-likeness (QED) is 0.403. The molecule has 3 aromatic rings. The van der Waals surface area contributed by atoms with E-state index in [1.165, 1.54) is 55.2 Å². The Morgan fingerprint density at radius 3 is 2.24 bits per heavy atom. The van der Waals surface area contributed by atoms with Crippen molar-refractivity contribution in [3.8, 4) is 22.5 Å². The zero-order valence-electron chi connectivity index (χ0n) is 19.5. The standard InChI is InChI=1S/C25H30N2.C2HF3O2/c1-25(2)14-12-20(13-15-25)7-6-19-8-10-21(11-9-19)22-4-3-5-23(18-22)24-26-16-17-27-24;3-2(4,5)1(6)7/h3-5,8-11,16-18,20H,6-7,12-15H2,1-2H3,(H,26,27);(H,6,7). The Morgan fingerprint density at radius 1 is 1.06 bits per heavy atom. The number of rotatable bonds is 5. The SMILES string of the molecule is CC1(C)CCC(CCc2ccc(-c3cccc(-c4ncc[nH]4)c3)cc2)CC1.O=C(O)C(F)(F)F. The second-order valence-electron chi connectivity index (χ2n) is 9.66. The van der Waals surface area contributed by atoms with Gasteiger partial charge in [-0.05, 0) is 72.6 Å². The van der Waals surface area contributed by atoms with E-state index in [2.05, 4.69) is 72.3 Å². The molecule has 2 N–H and O–H groups in total. The molecule has 1 aliphatic carbocycles.